The van der Waals surface area contributed by atoms with E-state index in [0.29, 0.717) is 13.0 Å². The lowest BCUT2D eigenvalue weighted by Gasteiger charge is -2.06. The summed E-state index contributed by atoms with van der Waals surface area (Å²) in [6, 6.07) is 0. The second kappa shape index (κ2) is 20.4. The molecule has 0 fully saturated rings. The van der Waals surface area contributed by atoms with E-state index in [2.05, 4.69) is 17.6 Å². The van der Waals surface area contributed by atoms with Gasteiger partial charge < -0.3 is 16.4 Å². The van der Waals surface area contributed by atoms with Gasteiger partial charge in [-0.25, -0.2) is 0 Å². The highest BCUT2D eigenvalue weighted by molar-refractivity contribution is 5.75. The first kappa shape index (κ1) is 23.4. The van der Waals surface area contributed by atoms with E-state index in [1.807, 2.05) is 0 Å². The lowest BCUT2D eigenvalue weighted by molar-refractivity contribution is -0.121. The maximum Gasteiger partial charge on any atom is 0.221 e. The average molecular weight is 342 g/mol. The van der Waals surface area contributed by atoms with Gasteiger partial charge in [-0.2, -0.15) is 0 Å². The first-order chi connectivity index (χ1) is 11.8. The van der Waals surface area contributed by atoms with E-state index in [-0.39, 0.29) is 5.91 Å². The molecule has 0 unspecified atom stereocenters. The van der Waals surface area contributed by atoms with Gasteiger partial charge in [0.2, 0.25) is 5.91 Å². The van der Waals surface area contributed by atoms with Gasteiger partial charge in [-0.05, 0) is 25.9 Å². The topological polar surface area (TPSA) is 67.2 Å². The van der Waals surface area contributed by atoms with Crippen molar-refractivity contribution in [2.75, 3.05) is 26.2 Å². The van der Waals surface area contributed by atoms with Gasteiger partial charge in [-0.3, -0.25) is 4.79 Å². The van der Waals surface area contributed by atoms with Gasteiger partial charge in [0.05, 0.1) is 0 Å². The lowest BCUT2D eigenvalue weighted by Crippen LogP contribution is -2.29. The Bertz CT molecular complexity index is 259. The molecule has 4 nitrogen and oxygen atoms in total. The van der Waals surface area contributed by atoms with E-state index in [1.54, 1.807) is 0 Å². The molecule has 1 amide bonds. The molecule has 0 aromatic rings. The van der Waals surface area contributed by atoms with Crippen molar-refractivity contribution in [3.63, 3.8) is 0 Å². The summed E-state index contributed by atoms with van der Waals surface area (Å²) < 4.78 is 0. The number of hydrogen-bond acceptors (Lipinski definition) is 3. The summed E-state index contributed by atoms with van der Waals surface area (Å²) >= 11 is 0. The van der Waals surface area contributed by atoms with Gasteiger partial charge in [-0.1, -0.05) is 77.6 Å². The molecular weight excluding hydrogens is 298 g/mol. The number of carbonyl (C=O) groups excluding carboxylic acids is 1. The van der Waals surface area contributed by atoms with Crippen LogP contribution < -0.4 is 16.4 Å². The van der Waals surface area contributed by atoms with Crippen molar-refractivity contribution in [1.82, 2.24) is 10.6 Å². The predicted octanol–water partition coefficient (Wildman–Crippen LogP) is 4.13. The summed E-state index contributed by atoms with van der Waals surface area (Å²) in [4.78, 5) is 11.6. The summed E-state index contributed by atoms with van der Waals surface area (Å²) in [5.74, 6) is 0.165. The highest BCUT2D eigenvalue weighted by atomic mass is 16.1. The Balaban J connectivity index is 3.10. The maximum atomic E-state index is 11.6. The van der Waals surface area contributed by atoms with Crippen LogP contribution in [0.15, 0.2) is 0 Å². The van der Waals surface area contributed by atoms with Crippen molar-refractivity contribution in [2.45, 2.75) is 96.8 Å². The van der Waals surface area contributed by atoms with Crippen LogP contribution in [-0.2, 0) is 4.79 Å². The number of nitrogens with one attached hydrogen (secondary N) is 2. The maximum absolute atomic E-state index is 11.6. The van der Waals surface area contributed by atoms with E-state index < -0.39 is 0 Å². The summed E-state index contributed by atoms with van der Waals surface area (Å²) in [7, 11) is 0. The van der Waals surface area contributed by atoms with Crippen LogP contribution in [0.4, 0.5) is 0 Å². The Morgan fingerprint density at radius 1 is 0.708 bits per heavy atom. The highest BCUT2D eigenvalue weighted by Gasteiger charge is 1.99. The summed E-state index contributed by atoms with van der Waals surface area (Å²) in [6.07, 6.45) is 17.8. The number of hydrogen-bond donors (Lipinski definition) is 3. The Morgan fingerprint density at radius 3 is 1.79 bits per heavy atom. The number of amides is 1. The molecule has 0 spiro atoms. The zero-order valence-corrected chi connectivity index (χ0v) is 16.2. The fourth-order valence-electron chi connectivity index (χ4n) is 2.84. The number of rotatable bonds is 19. The Labute approximate surface area is 150 Å². The van der Waals surface area contributed by atoms with Crippen LogP contribution in [0.25, 0.3) is 0 Å². The third-order valence-electron chi connectivity index (χ3n) is 4.44. The number of nitrogens with two attached hydrogens (primary N) is 1. The van der Waals surface area contributed by atoms with Crippen molar-refractivity contribution in [1.29, 1.82) is 0 Å². The largest absolute Gasteiger partial charge is 0.356 e. The van der Waals surface area contributed by atoms with Gasteiger partial charge >= 0.3 is 0 Å². The molecule has 24 heavy (non-hydrogen) atoms. The molecule has 0 radical (unpaired) electrons. The van der Waals surface area contributed by atoms with Crippen LogP contribution in [0.5, 0.6) is 0 Å². The van der Waals surface area contributed by atoms with E-state index in [1.165, 1.54) is 70.6 Å². The molecule has 0 aliphatic heterocycles. The number of carbonyl (C=O) groups is 1. The molecular formula is C20H43N3O. The molecule has 0 heterocycles. The Hall–Kier alpha value is -0.610. The van der Waals surface area contributed by atoms with Gasteiger partial charge in [0.15, 0.2) is 0 Å². The molecule has 0 aliphatic rings. The van der Waals surface area contributed by atoms with Crippen LogP contribution >= 0.6 is 0 Å². The average Bonchev–Trinajstić information content (AvgIpc) is 2.59. The van der Waals surface area contributed by atoms with Gasteiger partial charge in [0.1, 0.15) is 0 Å². The van der Waals surface area contributed by atoms with Crippen LogP contribution in [-0.4, -0.2) is 32.1 Å². The number of unbranched alkanes of at least 4 members (excludes halogenated alkanes) is 11. The molecule has 0 atom stereocenters. The van der Waals surface area contributed by atoms with E-state index in [4.69, 9.17) is 5.73 Å². The normalized spacial score (nSPS) is 10.9. The predicted molar refractivity (Wildman–Crippen MR) is 105 cm³/mol. The molecule has 4 N–H and O–H groups in total. The molecule has 0 aromatic heterocycles. The Kier molecular flexibility index (Phi) is 19.9. The zero-order chi connectivity index (χ0) is 17.7. The highest BCUT2D eigenvalue weighted by Crippen LogP contribution is 2.11. The second-order valence-electron chi connectivity index (χ2n) is 6.88. The van der Waals surface area contributed by atoms with E-state index >= 15 is 0 Å². The van der Waals surface area contributed by atoms with Crippen LogP contribution in [0, 0.1) is 0 Å². The fourth-order valence-corrected chi connectivity index (χ4v) is 2.84. The van der Waals surface area contributed by atoms with Crippen LogP contribution in [0.1, 0.15) is 96.8 Å². The third kappa shape index (κ3) is 19.4. The molecule has 0 rings (SSSR count). The lowest BCUT2D eigenvalue weighted by atomic mass is 10.1. The van der Waals surface area contributed by atoms with Crippen LogP contribution in [0.2, 0.25) is 0 Å². The standard InChI is InChI=1S/C20H43N3O/c1-2-3-4-5-6-7-8-9-10-11-12-13-18-23-20(24)15-19-22-17-14-16-21/h22H,2-19,21H2,1H3,(H,23,24). The van der Waals surface area contributed by atoms with Gasteiger partial charge in [0, 0.05) is 19.5 Å². The van der Waals surface area contributed by atoms with E-state index in [9.17, 15) is 4.79 Å². The van der Waals surface area contributed by atoms with Crippen molar-refractivity contribution < 1.29 is 4.79 Å². The summed E-state index contributed by atoms with van der Waals surface area (Å²) in [5.41, 5.74) is 5.41. The van der Waals surface area contributed by atoms with Gasteiger partial charge in [0.25, 0.3) is 0 Å². The quantitative estimate of drug-likeness (QED) is 0.309. The molecule has 0 saturated heterocycles. The van der Waals surface area contributed by atoms with Crippen molar-refractivity contribution >= 4 is 5.91 Å². The first-order valence-electron chi connectivity index (χ1n) is 10.5. The summed E-state index contributed by atoms with van der Waals surface area (Å²) in [6.45, 7) is 5.47. The summed E-state index contributed by atoms with van der Waals surface area (Å²) in [5, 5.41) is 6.23. The molecule has 0 aromatic carbocycles. The minimum atomic E-state index is 0.165. The molecule has 0 aliphatic carbocycles. The molecule has 0 bridgehead atoms. The van der Waals surface area contributed by atoms with Crippen molar-refractivity contribution in [2.24, 2.45) is 5.73 Å². The minimum absolute atomic E-state index is 0.165. The fraction of sp³-hybridized carbons (Fsp3) is 0.950. The third-order valence-corrected chi connectivity index (χ3v) is 4.44. The SMILES string of the molecule is CCCCCCCCCCCCCCNC(=O)CCNCCCN. The molecule has 4 heteroatoms. The minimum Gasteiger partial charge on any atom is -0.356 e. The zero-order valence-electron chi connectivity index (χ0n) is 16.2. The van der Waals surface area contributed by atoms with Crippen molar-refractivity contribution in [3.05, 3.63) is 0 Å². The van der Waals surface area contributed by atoms with E-state index in [0.717, 1.165) is 32.5 Å². The Morgan fingerprint density at radius 2 is 1.25 bits per heavy atom. The molecule has 0 saturated carbocycles. The second-order valence-corrected chi connectivity index (χ2v) is 6.88. The first-order valence-corrected chi connectivity index (χ1v) is 10.5. The smallest absolute Gasteiger partial charge is 0.221 e. The van der Waals surface area contributed by atoms with Gasteiger partial charge in [-0.15, -0.1) is 0 Å². The monoisotopic (exact) mass is 341 g/mol. The van der Waals surface area contributed by atoms with Crippen LogP contribution in [0.3, 0.4) is 0 Å². The van der Waals surface area contributed by atoms with Crippen molar-refractivity contribution in [3.8, 4) is 0 Å². The molecule has 144 valence electrons.